The van der Waals surface area contributed by atoms with E-state index in [0.717, 1.165) is 4.31 Å². The quantitative estimate of drug-likeness (QED) is 0.452. The van der Waals surface area contributed by atoms with E-state index in [1.165, 1.54) is 31.3 Å². The summed E-state index contributed by atoms with van der Waals surface area (Å²) >= 11 is 3.21. The number of benzene rings is 1. The van der Waals surface area contributed by atoms with Gasteiger partial charge in [0.15, 0.2) is 4.90 Å². The molecule has 0 bridgehead atoms. The maximum atomic E-state index is 12.2. The van der Waals surface area contributed by atoms with Crippen molar-refractivity contribution in [3.05, 3.63) is 34.4 Å². The number of rotatable bonds is 6. The summed E-state index contributed by atoms with van der Waals surface area (Å²) in [6, 6.07) is 5.34. The van der Waals surface area contributed by atoms with Crippen molar-refractivity contribution in [3.8, 4) is 0 Å². The van der Waals surface area contributed by atoms with Gasteiger partial charge in [-0.3, -0.25) is 10.1 Å². The zero-order valence-corrected chi connectivity index (χ0v) is 12.1. The van der Waals surface area contributed by atoms with Crippen LogP contribution in [0.15, 0.2) is 29.2 Å². The highest BCUT2D eigenvalue weighted by molar-refractivity contribution is 9.09. The van der Waals surface area contributed by atoms with Crippen molar-refractivity contribution in [1.82, 2.24) is 4.31 Å². The Hall–Kier alpha value is -0.990. The molecule has 18 heavy (non-hydrogen) atoms. The third-order valence-electron chi connectivity index (χ3n) is 2.36. The van der Waals surface area contributed by atoms with Crippen LogP contribution in [0.1, 0.15) is 6.42 Å². The molecule has 100 valence electrons. The Morgan fingerprint density at radius 2 is 2.00 bits per heavy atom. The Morgan fingerprint density at radius 1 is 1.39 bits per heavy atom. The summed E-state index contributed by atoms with van der Waals surface area (Å²) in [6.45, 7) is 0.305. The van der Waals surface area contributed by atoms with Crippen molar-refractivity contribution >= 4 is 31.6 Å². The van der Waals surface area contributed by atoms with Crippen LogP contribution in [0, 0.1) is 10.1 Å². The highest BCUT2D eigenvalue weighted by Crippen LogP contribution is 2.25. The number of sulfonamides is 1. The van der Waals surface area contributed by atoms with Crippen LogP contribution in [0.5, 0.6) is 0 Å². The summed E-state index contributed by atoms with van der Waals surface area (Å²) in [4.78, 5) is 9.86. The van der Waals surface area contributed by atoms with E-state index in [1.54, 1.807) is 0 Å². The Labute approximate surface area is 114 Å². The number of halogens is 1. The summed E-state index contributed by atoms with van der Waals surface area (Å²) in [5.74, 6) is 0. The van der Waals surface area contributed by atoms with Crippen LogP contribution >= 0.6 is 15.9 Å². The summed E-state index contributed by atoms with van der Waals surface area (Å²) in [5.41, 5.74) is -0.400. The minimum Gasteiger partial charge on any atom is -0.258 e. The molecular weight excluding hydrogens is 324 g/mol. The Kier molecular flexibility index (Phi) is 5.24. The normalized spacial score (nSPS) is 11.7. The Bertz CT molecular complexity index is 532. The van der Waals surface area contributed by atoms with Gasteiger partial charge in [0.05, 0.1) is 4.92 Å². The van der Waals surface area contributed by atoms with Gasteiger partial charge in [-0.05, 0) is 12.5 Å². The molecule has 8 heteroatoms. The number of para-hydroxylation sites is 1. The molecule has 0 amide bonds. The molecule has 0 radical (unpaired) electrons. The minimum atomic E-state index is -3.82. The lowest BCUT2D eigenvalue weighted by molar-refractivity contribution is -0.387. The molecule has 0 N–H and O–H groups in total. The van der Waals surface area contributed by atoms with Gasteiger partial charge in [0.1, 0.15) is 0 Å². The lowest BCUT2D eigenvalue weighted by Crippen LogP contribution is -2.28. The first-order valence-electron chi connectivity index (χ1n) is 5.17. The number of nitro benzene ring substituents is 1. The van der Waals surface area contributed by atoms with Crippen LogP contribution in [0.25, 0.3) is 0 Å². The highest BCUT2D eigenvalue weighted by atomic mass is 79.9. The van der Waals surface area contributed by atoms with Crippen molar-refractivity contribution in [2.24, 2.45) is 0 Å². The monoisotopic (exact) mass is 336 g/mol. The van der Waals surface area contributed by atoms with Crippen molar-refractivity contribution < 1.29 is 13.3 Å². The molecule has 0 aliphatic carbocycles. The van der Waals surface area contributed by atoms with Crippen molar-refractivity contribution in [3.63, 3.8) is 0 Å². The molecule has 6 nitrogen and oxygen atoms in total. The number of alkyl halides is 1. The van der Waals surface area contributed by atoms with Crippen molar-refractivity contribution in [2.45, 2.75) is 11.3 Å². The second kappa shape index (κ2) is 6.26. The maximum absolute atomic E-state index is 12.2. The average Bonchev–Trinajstić information content (AvgIpc) is 2.35. The summed E-state index contributed by atoms with van der Waals surface area (Å²) in [6.07, 6.45) is 0.635. The van der Waals surface area contributed by atoms with E-state index in [1.807, 2.05) is 0 Å². The molecule has 0 unspecified atom stereocenters. The van der Waals surface area contributed by atoms with Gasteiger partial charge in [0.25, 0.3) is 5.69 Å². The molecule has 0 aliphatic rings. The van der Waals surface area contributed by atoms with Crippen LogP contribution in [-0.2, 0) is 10.0 Å². The van der Waals surface area contributed by atoms with Gasteiger partial charge in [0, 0.05) is 25.0 Å². The first-order chi connectivity index (χ1) is 8.41. The molecule has 0 heterocycles. The van der Waals surface area contributed by atoms with Crippen molar-refractivity contribution in [2.75, 3.05) is 18.9 Å². The van der Waals surface area contributed by atoms with E-state index in [-0.39, 0.29) is 4.90 Å². The third-order valence-corrected chi connectivity index (χ3v) is 4.82. The van der Waals surface area contributed by atoms with Crippen LogP contribution < -0.4 is 0 Å². The number of hydrogen-bond acceptors (Lipinski definition) is 4. The fourth-order valence-electron chi connectivity index (χ4n) is 1.40. The van der Waals surface area contributed by atoms with Crippen LogP contribution in [0.3, 0.4) is 0 Å². The molecule has 0 spiro atoms. The molecular formula is C10H13BrN2O4S. The minimum absolute atomic E-state index is 0.271. The molecule has 1 aromatic carbocycles. The van der Waals surface area contributed by atoms with Crippen molar-refractivity contribution in [1.29, 1.82) is 0 Å². The van der Waals surface area contributed by atoms with Gasteiger partial charge >= 0.3 is 0 Å². The molecule has 0 fully saturated rings. The Morgan fingerprint density at radius 3 is 2.56 bits per heavy atom. The second-order valence-corrected chi connectivity index (χ2v) is 6.40. The van der Waals surface area contributed by atoms with Gasteiger partial charge in [-0.25, -0.2) is 12.7 Å². The molecule has 0 saturated carbocycles. The second-order valence-electron chi connectivity index (χ2n) is 3.59. The predicted octanol–water partition coefficient (Wildman–Crippen LogP) is 2.00. The predicted molar refractivity (Wildman–Crippen MR) is 71.3 cm³/mol. The summed E-state index contributed by atoms with van der Waals surface area (Å²) in [7, 11) is -2.40. The van der Waals surface area contributed by atoms with Crippen LogP contribution in [0.2, 0.25) is 0 Å². The molecule has 0 aromatic heterocycles. The van der Waals surface area contributed by atoms with E-state index in [0.29, 0.717) is 18.3 Å². The third kappa shape index (κ3) is 3.27. The lowest BCUT2D eigenvalue weighted by atomic mass is 10.3. The molecule has 0 aliphatic heterocycles. The van der Waals surface area contributed by atoms with Gasteiger partial charge in [0.2, 0.25) is 10.0 Å². The number of nitrogens with zero attached hydrogens (tertiary/aromatic N) is 2. The zero-order chi connectivity index (χ0) is 13.8. The molecule has 0 atom stereocenters. The zero-order valence-electron chi connectivity index (χ0n) is 9.74. The highest BCUT2D eigenvalue weighted by Gasteiger charge is 2.28. The van der Waals surface area contributed by atoms with E-state index in [4.69, 9.17) is 0 Å². The van der Waals surface area contributed by atoms with E-state index < -0.39 is 20.6 Å². The van der Waals surface area contributed by atoms with E-state index >= 15 is 0 Å². The standard InChI is InChI=1S/C10H13BrN2O4S/c1-12(8-4-7-11)18(16,17)10-6-3-2-5-9(10)13(14)15/h2-3,5-6H,4,7-8H2,1H3. The molecule has 1 rings (SSSR count). The van der Waals surface area contributed by atoms with Gasteiger partial charge in [-0.15, -0.1) is 0 Å². The Balaban J connectivity index is 3.16. The topological polar surface area (TPSA) is 80.5 Å². The first kappa shape index (κ1) is 15.1. The van der Waals surface area contributed by atoms with Gasteiger partial charge < -0.3 is 0 Å². The summed E-state index contributed by atoms with van der Waals surface area (Å²) < 4.78 is 25.5. The largest absolute Gasteiger partial charge is 0.289 e. The fourth-order valence-corrected chi connectivity index (χ4v) is 3.01. The summed E-state index contributed by atoms with van der Waals surface area (Å²) in [5, 5.41) is 11.5. The van der Waals surface area contributed by atoms with Gasteiger partial charge in [-0.1, -0.05) is 28.1 Å². The van der Waals surface area contributed by atoms with E-state index in [9.17, 15) is 18.5 Å². The number of nitro groups is 1. The smallest absolute Gasteiger partial charge is 0.258 e. The average molecular weight is 337 g/mol. The first-order valence-corrected chi connectivity index (χ1v) is 7.73. The SMILES string of the molecule is CN(CCCBr)S(=O)(=O)c1ccccc1[N+](=O)[O-]. The van der Waals surface area contributed by atoms with Crippen LogP contribution in [0.4, 0.5) is 5.69 Å². The number of hydrogen-bond donors (Lipinski definition) is 0. The molecule has 1 aromatic rings. The van der Waals surface area contributed by atoms with E-state index in [2.05, 4.69) is 15.9 Å². The molecule has 0 saturated heterocycles. The van der Waals surface area contributed by atoms with Gasteiger partial charge in [-0.2, -0.15) is 0 Å². The maximum Gasteiger partial charge on any atom is 0.289 e. The van der Waals surface area contributed by atoms with Crippen LogP contribution in [-0.4, -0.2) is 36.6 Å². The fraction of sp³-hybridized carbons (Fsp3) is 0.400. The lowest BCUT2D eigenvalue weighted by Gasteiger charge is -2.16.